The maximum atomic E-state index is 11.6. The van der Waals surface area contributed by atoms with Crippen molar-refractivity contribution in [3.8, 4) is 0 Å². The standard InChI is InChI=1S/C14H17BrN2O4/c1-9(10-5-7-11(15)8-6-10)16-14(21)17-12(18)3-2-4-13(19)20/h5-9H,2-4H2,1H3,(H,19,20)(H2,16,17,18,21). The van der Waals surface area contributed by atoms with E-state index in [2.05, 4.69) is 26.6 Å². The molecule has 1 aromatic carbocycles. The van der Waals surface area contributed by atoms with E-state index in [-0.39, 0.29) is 25.3 Å². The summed E-state index contributed by atoms with van der Waals surface area (Å²) in [6, 6.07) is 6.62. The van der Waals surface area contributed by atoms with E-state index in [0.717, 1.165) is 10.0 Å². The summed E-state index contributed by atoms with van der Waals surface area (Å²) in [5, 5.41) is 13.3. The number of carbonyl (C=O) groups is 3. The summed E-state index contributed by atoms with van der Waals surface area (Å²) < 4.78 is 0.941. The van der Waals surface area contributed by atoms with Gasteiger partial charge in [-0.05, 0) is 31.0 Å². The molecule has 3 amide bonds. The zero-order valence-corrected chi connectivity index (χ0v) is 13.1. The van der Waals surface area contributed by atoms with Gasteiger partial charge in [-0.25, -0.2) is 4.79 Å². The number of aliphatic carboxylic acids is 1. The van der Waals surface area contributed by atoms with Gasteiger partial charge in [0.15, 0.2) is 0 Å². The number of carbonyl (C=O) groups excluding carboxylic acids is 2. The highest BCUT2D eigenvalue weighted by molar-refractivity contribution is 9.10. The van der Waals surface area contributed by atoms with Crippen molar-refractivity contribution < 1.29 is 19.5 Å². The van der Waals surface area contributed by atoms with Crippen LogP contribution in [0.5, 0.6) is 0 Å². The number of halogens is 1. The summed E-state index contributed by atoms with van der Waals surface area (Å²) in [5.41, 5.74) is 0.909. The number of amides is 3. The molecule has 1 unspecified atom stereocenters. The van der Waals surface area contributed by atoms with Gasteiger partial charge in [-0.15, -0.1) is 0 Å². The van der Waals surface area contributed by atoms with Crippen LogP contribution in [0.2, 0.25) is 0 Å². The van der Waals surface area contributed by atoms with E-state index in [9.17, 15) is 14.4 Å². The molecule has 7 heteroatoms. The zero-order valence-electron chi connectivity index (χ0n) is 11.6. The molecule has 0 saturated heterocycles. The summed E-state index contributed by atoms with van der Waals surface area (Å²) in [6.45, 7) is 1.80. The average Bonchev–Trinajstić information content (AvgIpc) is 2.38. The first-order valence-electron chi connectivity index (χ1n) is 6.46. The van der Waals surface area contributed by atoms with Crippen molar-refractivity contribution in [1.82, 2.24) is 10.6 Å². The van der Waals surface area contributed by atoms with Crippen molar-refractivity contribution in [1.29, 1.82) is 0 Å². The van der Waals surface area contributed by atoms with Gasteiger partial charge in [-0.1, -0.05) is 28.1 Å². The summed E-state index contributed by atoms with van der Waals surface area (Å²) in [7, 11) is 0. The second-order valence-corrected chi connectivity index (χ2v) is 5.46. The molecular formula is C14H17BrN2O4. The number of hydrogen-bond donors (Lipinski definition) is 3. The highest BCUT2D eigenvalue weighted by Gasteiger charge is 2.12. The van der Waals surface area contributed by atoms with E-state index in [1.165, 1.54) is 0 Å². The molecule has 0 aliphatic heterocycles. The van der Waals surface area contributed by atoms with E-state index in [1.54, 1.807) is 6.92 Å². The average molecular weight is 357 g/mol. The number of imide groups is 1. The number of rotatable bonds is 6. The Morgan fingerprint density at radius 1 is 1.19 bits per heavy atom. The molecule has 0 bridgehead atoms. The molecule has 3 N–H and O–H groups in total. The molecule has 21 heavy (non-hydrogen) atoms. The Balaban J connectivity index is 2.37. The molecule has 0 aromatic heterocycles. The first-order valence-corrected chi connectivity index (χ1v) is 7.25. The number of carboxylic acid groups (broad SMARTS) is 1. The molecule has 0 aliphatic rings. The fourth-order valence-corrected chi connectivity index (χ4v) is 1.92. The third kappa shape index (κ3) is 6.89. The Labute approximate surface area is 131 Å². The highest BCUT2D eigenvalue weighted by atomic mass is 79.9. The van der Waals surface area contributed by atoms with Gasteiger partial charge in [0.2, 0.25) is 5.91 Å². The van der Waals surface area contributed by atoms with Crippen LogP contribution >= 0.6 is 15.9 Å². The molecule has 1 aromatic rings. The van der Waals surface area contributed by atoms with Crippen LogP contribution in [0.4, 0.5) is 4.79 Å². The molecule has 114 valence electrons. The lowest BCUT2D eigenvalue weighted by molar-refractivity contribution is -0.137. The zero-order chi connectivity index (χ0) is 15.8. The molecule has 0 fully saturated rings. The summed E-state index contributed by atoms with van der Waals surface area (Å²) in [6.07, 6.45) is 0.118. The third-order valence-electron chi connectivity index (χ3n) is 2.77. The Hall–Kier alpha value is -1.89. The van der Waals surface area contributed by atoms with Crippen molar-refractivity contribution >= 4 is 33.8 Å². The number of urea groups is 1. The van der Waals surface area contributed by atoms with E-state index >= 15 is 0 Å². The molecular weight excluding hydrogens is 340 g/mol. The second-order valence-electron chi connectivity index (χ2n) is 4.54. The molecule has 6 nitrogen and oxygen atoms in total. The number of hydrogen-bond acceptors (Lipinski definition) is 3. The topological polar surface area (TPSA) is 95.5 Å². The monoisotopic (exact) mass is 356 g/mol. The fraction of sp³-hybridized carbons (Fsp3) is 0.357. The summed E-state index contributed by atoms with van der Waals surface area (Å²) in [4.78, 5) is 33.4. The van der Waals surface area contributed by atoms with E-state index in [4.69, 9.17) is 5.11 Å². The molecule has 1 rings (SSSR count). The summed E-state index contributed by atoms with van der Waals surface area (Å²) in [5.74, 6) is -1.45. The molecule has 0 radical (unpaired) electrons. The van der Waals surface area contributed by atoms with Crippen LogP contribution in [0, 0.1) is 0 Å². The number of nitrogens with one attached hydrogen (secondary N) is 2. The lowest BCUT2D eigenvalue weighted by atomic mass is 10.1. The molecule has 0 aliphatic carbocycles. The Morgan fingerprint density at radius 3 is 2.38 bits per heavy atom. The van der Waals surface area contributed by atoms with Gasteiger partial charge in [0.1, 0.15) is 0 Å². The molecule has 0 saturated carbocycles. The smallest absolute Gasteiger partial charge is 0.321 e. The van der Waals surface area contributed by atoms with Gasteiger partial charge in [0.25, 0.3) is 0 Å². The normalized spacial score (nSPS) is 11.5. The Kier molecular flexibility index (Phi) is 6.87. The van der Waals surface area contributed by atoms with Crippen molar-refractivity contribution in [2.75, 3.05) is 0 Å². The van der Waals surface area contributed by atoms with Crippen molar-refractivity contribution in [2.24, 2.45) is 0 Å². The minimum atomic E-state index is -0.962. The highest BCUT2D eigenvalue weighted by Crippen LogP contribution is 2.16. The van der Waals surface area contributed by atoms with Gasteiger partial charge >= 0.3 is 12.0 Å². The maximum absolute atomic E-state index is 11.6. The van der Waals surface area contributed by atoms with Gasteiger partial charge in [-0.2, -0.15) is 0 Å². The van der Waals surface area contributed by atoms with Crippen LogP contribution in [0.1, 0.15) is 37.8 Å². The predicted octanol–water partition coefficient (Wildman–Crippen LogP) is 2.59. The van der Waals surface area contributed by atoms with Crippen molar-refractivity contribution in [3.05, 3.63) is 34.3 Å². The summed E-state index contributed by atoms with van der Waals surface area (Å²) >= 11 is 3.33. The number of benzene rings is 1. The van der Waals surface area contributed by atoms with Gasteiger partial charge in [0.05, 0.1) is 6.04 Å². The van der Waals surface area contributed by atoms with Crippen molar-refractivity contribution in [3.63, 3.8) is 0 Å². The van der Waals surface area contributed by atoms with Gasteiger partial charge in [-0.3, -0.25) is 14.9 Å². The molecule has 0 heterocycles. The van der Waals surface area contributed by atoms with Crippen LogP contribution in [0.15, 0.2) is 28.7 Å². The SMILES string of the molecule is CC(NC(=O)NC(=O)CCCC(=O)O)c1ccc(Br)cc1. The first kappa shape index (κ1) is 17.2. The van der Waals surface area contributed by atoms with E-state index in [1.807, 2.05) is 24.3 Å². The maximum Gasteiger partial charge on any atom is 0.321 e. The third-order valence-corrected chi connectivity index (χ3v) is 3.29. The largest absolute Gasteiger partial charge is 0.481 e. The Bertz CT molecular complexity index is 516. The lowest BCUT2D eigenvalue weighted by Crippen LogP contribution is -2.40. The van der Waals surface area contributed by atoms with Crippen molar-refractivity contribution in [2.45, 2.75) is 32.2 Å². The van der Waals surface area contributed by atoms with Crippen LogP contribution in [-0.2, 0) is 9.59 Å². The second kappa shape index (κ2) is 8.41. The number of carboxylic acids is 1. The molecule has 0 spiro atoms. The quantitative estimate of drug-likeness (QED) is 0.729. The fourth-order valence-electron chi connectivity index (χ4n) is 1.66. The Morgan fingerprint density at radius 2 is 1.81 bits per heavy atom. The van der Waals surface area contributed by atoms with Crippen LogP contribution in [0.3, 0.4) is 0 Å². The van der Waals surface area contributed by atoms with Crippen LogP contribution in [0.25, 0.3) is 0 Å². The van der Waals surface area contributed by atoms with Crippen LogP contribution < -0.4 is 10.6 Å². The van der Waals surface area contributed by atoms with E-state index < -0.39 is 17.9 Å². The minimum Gasteiger partial charge on any atom is -0.481 e. The van der Waals surface area contributed by atoms with Gasteiger partial charge in [0, 0.05) is 17.3 Å². The lowest BCUT2D eigenvalue weighted by Gasteiger charge is -2.14. The van der Waals surface area contributed by atoms with Gasteiger partial charge < -0.3 is 10.4 Å². The first-order chi connectivity index (χ1) is 9.88. The predicted molar refractivity (Wildman–Crippen MR) is 80.7 cm³/mol. The molecule has 1 atom stereocenters. The van der Waals surface area contributed by atoms with Crippen LogP contribution in [-0.4, -0.2) is 23.0 Å². The van der Waals surface area contributed by atoms with E-state index in [0.29, 0.717) is 0 Å². The minimum absolute atomic E-state index is 0.00633.